The summed E-state index contributed by atoms with van der Waals surface area (Å²) in [5.41, 5.74) is 2.81. The van der Waals surface area contributed by atoms with Gasteiger partial charge < -0.3 is 4.74 Å². The molecule has 0 fully saturated rings. The van der Waals surface area contributed by atoms with Gasteiger partial charge in [0.15, 0.2) is 0 Å². The molecule has 0 spiro atoms. The number of nitrogens with one attached hydrogen (secondary N) is 1. The van der Waals surface area contributed by atoms with E-state index < -0.39 is 0 Å². The molecule has 1 atom stereocenters. The Morgan fingerprint density at radius 2 is 1.89 bits per heavy atom. The number of nitrogens with zero attached hydrogens (tertiary/aromatic N) is 3. The highest BCUT2D eigenvalue weighted by Crippen LogP contribution is 2.30. The number of ether oxygens (including phenoxy) is 1. The van der Waals surface area contributed by atoms with E-state index in [2.05, 4.69) is 28.5 Å². The molecule has 36 heavy (non-hydrogen) atoms. The lowest BCUT2D eigenvalue weighted by Gasteiger charge is -2.13. The number of fused-ring (bicyclic) bond motifs is 2. The van der Waals surface area contributed by atoms with Gasteiger partial charge in [-0.05, 0) is 41.3 Å². The Kier molecular flexibility index (Phi) is 6.81. The maximum atomic E-state index is 13.5. The van der Waals surface area contributed by atoms with Crippen molar-refractivity contribution in [3.05, 3.63) is 105 Å². The Hall–Kier alpha value is -3.99. The van der Waals surface area contributed by atoms with Crippen LogP contribution in [-0.4, -0.2) is 23.2 Å². The van der Waals surface area contributed by atoms with Crippen LogP contribution in [0.2, 0.25) is 0 Å². The molecule has 5 aromatic rings. The first-order valence-corrected chi connectivity index (χ1v) is 12.6. The number of thiophene rings is 1. The van der Waals surface area contributed by atoms with Crippen LogP contribution in [-0.2, 0) is 13.0 Å². The topological polar surface area (TPSA) is 79.9 Å². The van der Waals surface area contributed by atoms with Crippen molar-refractivity contribution < 1.29 is 4.74 Å². The number of rotatable bonds is 8. The summed E-state index contributed by atoms with van der Waals surface area (Å²) in [6.07, 6.45) is 2.35. The molecule has 0 aliphatic rings. The maximum absolute atomic E-state index is 13.5. The molecule has 0 aliphatic heterocycles. The highest BCUT2D eigenvalue weighted by atomic mass is 32.1. The molecule has 0 amide bonds. The van der Waals surface area contributed by atoms with Crippen molar-refractivity contribution in [2.75, 3.05) is 13.7 Å². The predicted molar refractivity (Wildman–Crippen MR) is 145 cm³/mol. The number of benzene rings is 3. The third-order valence-corrected chi connectivity index (χ3v) is 7.78. The first-order chi connectivity index (χ1) is 17.6. The van der Waals surface area contributed by atoms with Crippen molar-refractivity contribution in [3.8, 4) is 11.8 Å². The van der Waals surface area contributed by atoms with E-state index in [4.69, 9.17) is 4.74 Å². The van der Waals surface area contributed by atoms with Gasteiger partial charge in [0.05, 0.1) is 31.4 Å². The third kappa shape index (κ3) is 4.49. The third-order valence-electron chi connectivity index (χ3n) is 6.52. The summed E-state index contributed by atoms with van der Waals surface area (Å²) >= 11 is 1.55. The van der Waals surface area contributed by atoms with E-state index in [0.717, 1.165) is 42.9 Å². The standard InChI is InChI=1S/C29H26N4O2S/c1-19-26(14-15-31-24(16-30)21-9-4-3-5-10-21)36-28-27(19)29(34)33(18-32-28)17-23-22-11-7-6-8-20(22)12-13-25(23)35-2/h3-13,18,24,31H,14-15,17H2,1-2H3. The van der Waals surface area contributed by atoms with Gasteiger partial charge in [-0.15, -0.1) is 11.3 Å². The molecule has 0 bridgehead atoms. The summed E-state index contributed by atoms with van der Waals surface area (Å²) in [4.78, 5) is 20.0. The van der Waals surface area contributed by atoms with Crippen LogP contribution in [0, 0.1) is 18.3 Å². The molecule has 0 saturated carbocycles. The van der Waals surface area contributed by atoms with Crippen molar-refractivity contribution in [2.24, 2.45) is 0 Å². The molecule has 180 valence electrons. The number of methoxy groups -OCH3 is 1. The molecule has 5 rings (SSSR count). The molecular weight excluding hydrogens is 468 g/mol. The van der Waals surface area contributed by atoms with Crippen LogP contribution in [0.5, 0.6) is 5.75 Å². The van der Waals surface area contributed by atoms with Gasteiger partial charge in [0, 0.05) is 17.0 Å². The summed E-state index contributed by atoms with van der Waals surface area (Å²) in [7, 11) is 1.65. The van der Waals surface area contributed by atoms with Gasteiger partial charge in [-0.2, -0.15) is 5.26 Å². The van der Waals surface area contributed by atoms with Crippen LogP contribution in [0.3, 0.4) is 0 Å². The zero-order chi connectivity index (χ0) is 25.1. The summed E-state index contributed by atoms with van der Waals surface area (Å²) in [5, 5.41) is 15.7. The highest BCUT2D eigenvalue weighted by Gasteiger charge is 2.17. The van der Waals surface area contributed by atoms with Gasteiger partial charge in [0.1, 0.15) is 16.6 Å². The molecule has 1 unspecified atom stereocenters. The van der Waals surface area contributed by atoms with Crippen molar-refractivity contribution in [3.63, 3.8) is 0 Å². The normalized spacial score (nSPS) is 12.0. The van der Waals surface area contributed by atoms with Gasteiger partial charge in [0.25, 0.3) is 5.56 Å². The van der Waals surface area contributed by atoms with Crippen LogP contribution in [0.4, 0.5) is 0 Å². The molecular formula is C29H26N4O2S. The summed E-state index contributed by atoms with van der Waals surface area (Å²) in [6.45, 7) is 2.99. The Balaban J connectivity index is 1.41. The lowest BCUT2D eigenvalue weighted by molar-refractivity contribution is 0.409. The van der Waals surface area contributed by atoms with Gasteiger partial charge >= 0.3 is 0 Å². The van der Waals surface area contributed by atoms with E-state index in [1.807, 2.05) is 61.5 Å². The Morgan fingerprint density at radius 3 is 2.67 bits per heavy atom. The molecule has 0 saturated heterocycles. The van der Waals surface area contributed by atoms with E-state index in [1.54, 1.807) is 29.3 Å². The van der Waals surface area contributed by atoms with E-state index >= 15 is 0 Å². The van der Waals surface area contributed by atoms with Crippen LogP contribution in [0.25, 0.3) is 21.0 Å². The van der Waals surface area contributed by atoms with Crippen LogP contribution < -0.4 is 15.6 Å². The van der Waals surface area contributed by atoms with E-state index in [9.17, 15) is 10.1 Å². The lowest BCUT2D eigenvalue weighted by Crippen LogP contribution is -2.22. The number of hydrogen-bond donors (Lipinski definition) is 1. The van der Waals surface area contributed by atoms with Gasteiger partial charge in [0.2, 0.25) is 0 Å². The lowest BCUT2D eigenvalue weighted by atomic mass is 10.0. The monoisotopic (exact) mass is 494 g/mol. The van der Waals surface area contributed by atoms with Crippen molar-refractivity contribution in [1.29, 1.82) is 5.26 Å². The second-order valence-corrected chi connectivity index (χ2v) is 9.74. The molecule has 1 N–H and O–H groups in total. The largest absolute Gasteiger partial charge is 0.496 e. The maximum Gasteiger partial charge on any atom is 0.262 e. The first-order valence-electron chi connectivity index (χ1n) is 11.8. The molecule has 3 aromatic carbocycles. The minimum atomic E-state index is -0.369. The minimum absolute atomic E-state index is 0.0536. The van der Waals surface area contributed by atoms with Crippen molar-refractivity contribution in [2.45, 2.75) is 25.9 Å². The molecule has 0 radical (unpaired) electrons. The fourth-order valence-electron chi connectivity index (χ4n) is 4.61. The highest BCUT2D eigenvalue weighted by molar-refractivity contribution is 7.18. The number of aryl methyl sites for hydroxylation is 1. The zero-order valence-electron chi connectivity index (χ0n) is 20.2. The fraction of sp³-hybridized carbons (Fsp3) is 0.207. The molecule has 2 aromatic heterocycles. The van der Waals surface area contributed by atoms with E-state index in [1.165, 1.54) is 0 Å². The second-order valence-electron chi connectivity index (χ2n) is 8.65. The Morgan fingerprint density at radius 1 is 1.11 bits per heavy atom. The number of nitriles is 1. The number of hydrogen-bond acceptors (Lipinski definition) is 6. The Labute approximate surface area is 213 Å². The fourth-order valence-corrected chi connectivity index (χ4v) is 5.75. The molecule has 6 nitrogen and oxygen atoms in total. The minimum Gasteiger partial charge on any atom is -0.496 e. The van der Waals surface area contributed by atoms with Crippen LogP contribution in [0.1, 0.15) is 27.6 Å². The smallest absolute Gasteiger partial charge is 0.262 e. The van der Waals surface area contributed by atoms with E-state index in [-0.39, 0.29) is 11.6 Å². The summed E-state index contributed by atoms with van der Waals surface area (Å²) in [5.74, 6) is 0.750. The second kappa shape index (κ2) is 10.3. The molecule has 7 heteroatoms. The van der Waals surface area contributed by atoms with Crippen LogP contribution in [0.15, 0.2) is 77.9 Å². The van der Waals surface area contributed by atoms with Crippen molar-refractivity contribution in [1.82, 2.24) is 14.9 Å². The summed E-state index contributed by atoms with van der Waals surface area (Å²) < 4.78 is 7.28. The predicted octanol–water partition coefficient (Wildman–Crippen LogP) is 5.37. The first kappa shape index (κ1) is 23.7. The average Bonchev–Trinajstić information content (AvgIpc) is 3.24. The van der Waals surface area contributed by atoms with E-state index in [0.29, 0.717) is 24.9 Å². The van der Waals surface area contributed by atoms with Gasteiger partial charge in [-0.25, -0.2) is 4.98 Å². The summed E-state index contributed by atoms with van der Waals surface area (Å²) in [6, 6.07) is 23.7. The van der Waals surface area contributed by atoms with Gasteiger partial charge in [-0.3, -0.25) is 14.7 Å². The molecule has 0 aliphatic carbocycles. The van der Waals surface area contributed by atoms with Crippen molar-refractivity contribution >= 4 is 32.3 Å². The zero-order valence-corrected chi connectivity index (χ0v) is 21.0. The Bertz CT molecular complexity index is 1630. The van der Waals surface area contributed by atoms with Crippen LogP contribution >= 0.6 is 11.3 Å². The SMILES string of the molecule is COc1ccc2ccccc2c1Cn1cnc2sc(CCNC(C#N)c3ccccc3)c(C)c2c1=O. The number of aromatic nitrogens is 2. The quantitative estimate of drug-likeness (QED) is 0.314. The molecule has 2 heterocycles. The average molecular weight is 495 g/mol. The van der Waals surface area contributed by atoms with Gasteiger partial charge in [-0.1, -0.05) is 60.7 Å².